The molecule has 1 aromatic heterocycles. The van der Waals surface area contributed by atoms with Crippen LogP contribution in [0.2, 0.25) is 0 Å². The lowest BCUT2D eigenvalue weighted by Crippen LogP contribution is -2.46. The number of fused-ring (bicyclic) bond motifs is 1. The lowest BCUT2D eigenvalue weighted by atomic mass is 9.99. The molecule has 0 radical (unpaired) electrons. The van der Waals surface area contributed by atoms with E-state index in [1.807, 2.05) is 0 Å². The van der Waals surface area contributed by atoms with Crippen LogP contribution in [0.15, 0.2) is 11.0 Å². The number of nitrogens with zero attached hydrogens (tertiary/aromatic N) is 2. The minimum atomic E-state index is -1.17. The minimum absolute atomic E-state index is 0.0420. The molecular weight excluding hydrogens is 338 g/mol. The van der Waals surface area contributed by atoms with E-state index in [-0.39, 0.29) is 5.69 Å². The van der Waals surface area contributed by atoms with Gasteiger partial charge in [-0.15, -0.1) is 0 Å². The maximum absolute atomic E-state index is 12.9. The molecular formula is C18H27N3O5. The number of nitrogens with one attached hydrogen (secondary N) is 1. The summed E-state index contributed by atoms with van der Waals surface area (Å²) in [5.41, 5.74) is -3.09. The molecule has 1 aromatic rings. The van der Waals surface area contributed by atoms with Gasteiger partial charge in [0.25, 0.3) is 5.56 Å². The molecule has 8 nitrogen and oxygen atoms in total. The SMILES string of the molecule is CC(C)(C)OC(=O)Nc1cnc2n(c1=O)C(C)(C(=O)OC(C)(C)C)CC2. The Morgan fingerprint density at radius 1 is 1.15 bits per heavy atom. The highest BCUT2D eigenvalue weighted by atomic mass is 16.6. The Bertz CT molecular complexity index is 785. The van der Waals surface area contributed by atoms with Gasteiger partial charge in [-0.3, -0.25) is 14.7 Å². The number of carbonyl (C=O) groups excluding carboxylic acids is 2. The number of carbonyl (C=O) groups is 2. The number of aromatic nitrogens is 2. The summed E-state index contributed by atoms with van der Waals surface area (Å²) in [5, 5.41) is 2.41. The molecule has 1 unspecified atom stereocenters. The minimum Gasteiger partial charge on any atom is -0.458 e. The molecule has 26 heavy (non-hydrogen) atoms. The molecule has 1 atom stereocenters. The molecule has 1 aliphatic rings. The predicted octanol–water partition coefficient (Wildman–Crippen LogP) is 2.59. The smallest absolute Gasteiger partial charge is 0.412 e. The van der Waals surface area contributed by atoms with E-state index in [0.717, 1.165) is 0 Å². The highest BCUT2D eigenvalue weighted by Crippen LogP contribution is 2.32. The fourth-order valence-corrected chi connectivity index (χ4v) is 2.72. The van der Waals surface area contributed by atoms with Crippen molar-refractivity contribution in [2.75, 3.05) is 5.32 Å². The number of hydrogen-bond donors (Lipinski definition) is 1. The van der Waals surface area contributed by atoms with Crippen molar-refractivity contribution in [3.05, 3.63) is 22.4 Å². The van der Waals surface area contributed by atoms with Gasteiger partial charge in [0.05, 0.1) is 6.20 Å². The molecule has 144 valence electrons. The van der Waals surface area contributed by atoms with Crippen molar-refractivity contribution >= 4 is 17.7 Å². The van der Waals surface area contributed by atoms with Crippen molar-refractivity contribution in [2.45, 2.75) is 78.0 Å². The van der Waals surface area contributed by atoms with E-state index in [4.69, 9.17) is 9.47 Å². The van der Waals surface area contributed by atoms with Gasteiger partial charge in [0.2, 0.25) is 0 Å². The summed E-state index contributed by atoms with van der Waals surface area (Å²) < 4.78 is 12.0. The summed E-state index contributed by atoms with van der Waals surface area (Å²) in [6.45, 7) is 12.1. The van der Waals surface area contributed by atoms with Crippen LogP contribution in [0.5, 0.6) is 0 Å². The van der Waals surface area contributed by atoms with Crippen LogP contribution in [-0.4, -0.2) is 32.8 Å². The summed E-state index contributed by atoms with van der Waals surface area (Å²) in [5.74, 6) is -0.0137. The van der Waals surface area contributed by atoms with Gasteiger partial charge < -0.3 is 9.47 Å². The Balaban J connectivity index is 2.36. The van der Waals surface area contributed by atoms with E-state index < -0.39 is 34.4 Å². The molecule has 0 saturated carbocycles. The van der Waals surface area contributed by atoms with E-state index in [0.29, 0.717) is 18.7 Å². The number of amides is 1. The predicted molar refractivity (Wildman–Crippen MR) is 96.2 cm³/mol. The molecule has 2 heterocycles. The third-order valence-electron chi connectivity index (χ3n) is 3.84. The molecule has 1 amide bonds. The maximum Gasteiger partial charge on any atom is 0.412 e. The number of anilines is 1. The first-order valence-electron chi connectivity index (χ1n) is 8.58. The van der Waals surface area contributed by atoms with Gasteiger partial charge in [0.15, 0.2) is 0 Å². The average molecular weight is 365 g/mol. The van der Waals surface area contributed by atoms with E-state index in [2.05, 4.69) is 10.3 Å². The second kappa shape index (κ2) is 6.41. The van der Waals surface area contributed by atoms with Crippen LogP contribution in [0.3, 0.4) is 0 Å². The summed E-state index contributed by atoms with van der Waals surface area (Å²) in [4.78, 5) is 41.8. The second-order valence-corrected chi connectivity index (χ2v) is 8.63. The van der Waals surface area contributed by atoms with Crippen molar-refractivity contribution in [1.82, 2.24) is 9.55 Å². The quantitative estimate of drug-likeness (QED) is 0.809. The summed E-state index contributed by atoms with van der Waals surface area (Å²) in [7, 11) is 0. The fraction of sp³-hybridized carbons (Fsp3) is 0.667. The van der Waals surface area contributed by atoms with Crippen molar-refractivity contribution in [1.29, 1.82) is 0 Å². The first-order valence-corrected chi connectivity index (χ1v) is 8.58. The van der Waals surface area contributed by atoms with E-state index in [1.165, 1.54) is 10.8 Å². The van der Waals surface area contributed by atoms with Gasteiger partial charge in [-0.2, -0.15) is 0 Å². The van der Waals surface area contributed by atoms with Crippen LogP contribution in [0.25, 0.3) is 0 Å². The van der Waals surface area contributed by atoms with Crippen molar-refractivity contribution in [2.24, 2.45) is 0 Å². The Kier molecular flexibility index (Phi) is 4.91. The molecule has 0 saturated heterocycles. The molecule has 0 bridgehead atoms. The van der Waals surface area contributed by atoms with Crippen LogP contribution in [0.4, 0.5) is 10.5 Å². The normalized spacial score (nSPS) is 19.7. The Morgan fingerprint density at radius 3 is 2.27 bits per heavy atom. The summed E-state index contributed by atoms with van der Waals surface area (Å²) in [6.07, 6.45) is 1.41. The van der Waals surface area contributed by atoms with Crippen LogP contribution in [0, 0.1) is 0 Å². The lowest BCUT2D eigenvalue weighted by Gasteiger charge is -2.29. The molecule has 2 rings (SSSR count). The second-order valence-electron chi connectivity index (χ2n) is 8.63. The zero-order valence-electron chi connectivity index (χ0n) is 16.4. The van der Waals surface area contributed by atoms with Crippen LogP contribution >= 0.6 is 0 Å². The fourth-order valence-electron chi connectivity index (χ4n) is 2.72. The number of rotatable bonds is 2. The number of hydrogen-bond acceptors (Lipinski definition) is 6. The molecule has 1 aliphatic heterocycles. The summed E-state index contributed by atoms with van der Waals surface area (Å²) in [6, 6.07) is 0. The van der Waals surface area contributed by atoms with E-state index in [9.17, 15) is 14.4 Å². The Labute approximate surface area is 152 Å². The Hall–Kier alpha value is -2.38. The topological polar surface area (TPSA) is 99.5 Å². The van der Waals surface area contributed by atoms with Crippen molar-refractivity contribution in [3.8, 4) is 0 Å². The van der Waals surface area contributed by atoms with Gasteiger partial charge >= 0.3 is 12.1 Å². The molecule has 1 N–H and O–H groups in total. The van der Waals surface area contributed by atoms with Crippen LogP contribution in [-0.2, 0) is 26.2 Å². The first-order chi connectivity index (χ1) is 11.7. The number of aryl methyl sites for hydroxylation is 1. The third kappa shape index (κ3) is 4.23. The van der Waals surface area contributed by atoms with Crippen molar-refractivity contribution in [3.63, 3.8) is 0 Å². The maximum atomic E-state index is 12.9. The standard InChI is InChI=1S/C18H27N3O5/c1-16(2,3)25-14(23)18(7)9-8-12-19-10-11(13(22)21(12)18)20-15(24)26-17(4,5)6/h10H,8-9H2,1-7H3,(H,20,24). The van der Waals surface area contributed by atoms with Crippen LogP contribution in [0.1, 0.15) is 60.7 Å². The van der Waals surface area contributed by atoms with Gasteiger partial charge in [-0.1, -0.05) is 0 Å². The monoisotopic (exact) mass is 365 g/mol. The van der Waals surface area contributed by atoms with Gasteiger partial charge in [-0.05, 0) is 54.9 Å². The van der Waals surface area contributed by atoms with Crippen LogP contribution < -0.4 is 10.9 Å². The highest BCUT2D eigenvalue weighted by Gasteiger charge is 2.45. The van der Waals surface area contributed by atoms with Gasteiger partial charge in [0.1, 0.15) is 28.3 Å². The van der Waals surface area contributed by atoms with Gasteiger partial charge in [-0.25, -0.2) is 14.6 Å². The summed E-state index contributed by atoms with van der Waals surface area (Å²) >= 11 is 0. The largest absolute Gasteiger partial charge is 0.458 e. The third-order valence-corrected chi connectivity index (χ3v) is 3.84. The van der Waals surface area contributed by atoms with E-state index >= 15 is 0 Å². The Morgan fingerprint density at radius 2 is 1.73 bits per heavy atom. The van der Waals surface area contributed by atoms with Gasteiger partial charge in [0, 0.05) is 6.42 Å². The van der Waals surface area contributed by atoms with Crippen molar-refractivity contribution < 1.29 is 19.1 Å². The molecule has 0 fully saturated rings. The average Bonchev–Trinajstić information content (AvgIpc) is 2.77. The molecule has 0 aliphatic carbocycles. The number of esters is 1. The molecule has 0 spiro atoms. The van der Waals surface area contributed by atoms with E-state index in [1.54, 1.807) is 48.5 Å². The zero-order chi connectivity index (χ0) is 19.9. The molecule has 0 aromatic carbocycles. The molecule has 8 heteroatoms. The lowest BCUT2D eigenvalue weighted by molar-refractivity contribution is -0.165. The highest BCUT2D eigenvalue weighted by molar-refractivity contribution is 5.85. The number of ether oxygens (including phenoxy) is 2. The zero-order valence-corrected chi connectivity index (χ0v) is 16.4. The first kappa shape index (κ1) is 19.9.